The first-order valence-corrected chi connectivity index (χ1v) is 9.14. The summed E-state index contributed by atoms with van der Waals surface area (Å²) in [6.07, 6.45) is 3.35. The highest BCUT2D eigenvalue weighted by Crippen LogP contribution is 2.21. The smallest absolute Gasteiger partial charge is 0.288 e. The summed E-state index contributed by atoms with van der Waals surface area (Å²) in [5.74, 6) is -0.549. The highest BCUT2D eigenvalue weighted by Gasteiger charge is 2.24. The van der Waals surface area contributed by atoms with Gasteiger partial charge in [0.1, 0.15) is 5.82 Å². The number of thiocarbonyl (C=S) groups is 1. The van der Waals surface area contributed by atoms with Crippen LogP contribution in [0.5, 0.6) is 0 Å². The Kier molecular flexibility index (Phi) is 6.36. The molecule has 0 saturated carbocycles. The zero-order valence-corrected chi connectivity index (χ0v) is 16.2. The van der Waals surface area contributed by atoms with Crippen molar-refractivity contribution in [3.8, 4) is 0 Å². The summed E-state index contributed by atoms with van der Waals surface area (Å²) in [6.45, 7) is -0.167. The Morgan fingerprint density at radius 3 is 2.54 bits per heavy atom. The number of aliphatic hydroxyl groups is 2. The fourth-order valence-electron chi connectivity index (χ4n) is 2.60. The first-order chi connectivity index (χ1) is 13.5. The minimum Gasteiger partial charge on any atom is -0.502 e. The van der Waals surface area contributed by atoms with Gasteiger partial charge in [-0.25, -0.2) is 4.39 Å². The number of aliphatic hydroxyl groups excluding tert-OH is 2. The van der Waals surface area contributed by atoms with Crippen LogP contribution in [-0.4, -0.2) is 15.2 Å². The van der Waals surface area contributed by atoms with Gasteiger partial charge in [-0.05, 0) is 48.5 Å². The van der Waals surface area contributed by atoms with Crippen molar-refractivity contribution in [2.24, 2.45) is 0 Å². The third-order valence-corrected chi connectivity index (χ3v) is 4.47. The lowest BCUT2D eigenvalue weighted by molar-refractivity contribution is -0.576. The molecule has 142 valence electrons. The number of rotatable bonds is 5. The van der Waals surface area contributed by atoms with E-state index in [1.165, 1.54) is 24.3 Å². The molecular weight excluding hydrogens is 399 g/mol. The van der Waals surface area contributed by atoms with Gasteiger partial charge < -0.3 is 15.5 Å². The summed E-state index contributed by atoms with van der Waals surface area (Å²) in [7, 11) is 0. The van der Waals surface area contributed by atoms with Gasteiger partial charge in [0.25, 0.3) is 5.70 Å². The van der Waals surface area contributed by atoms with Crippen LogP contribution in [0.2, 0.25) is 5.02 Å². The molecule has 0 atom stereocenters. The van der Waals surface area contributed by atoms with Crippen LogP contribution in [0.4, 0.5) is 10.1 Å². The van der Waals surface area contributed by atoms with Gasteiger partial charge >= 0.3 is 0 Å². The maximum Gasteiger partial charge on any atom is 0.288 e. The minimum absolute atomic E-state index is 0.139. The third-order valence-electron chi connectivity index (χ3n) is 3.94. The average Bonchev–Trinajstić information content (AvgIpc) is 2.69. The van der Waals surface area contributed by atoms with Gasteiger partial charge in [-0.2, -0.15) is 4.57 Å². The third kappa shape index (κ3) is 4.72. The van der Waals surface area contributed by atoms with E-state index >= 15 is 0 Å². The second-order valence-corrected chi connectivity index (χ2v) is 6.79. The Bertz CT molecular complexity index is 1040. The van der Waals surface area contributed by atoms with E-state index in [1.54, 1.807) is 53.4 Å². The van der Waals surface area contributed by atoms with E-state index in [0.29, 0.717) is 21.8 Å². The SMILES string of the molecule is OCc1ccc[n+](C(C(=S)Nc2cccc(Cl)c2)=C(O)c2ccc(F)cc2)c1. The van der Waals surface area contributed by atoms with Crippen molar-refractivity contribution in [3.05, 3.63) is 95.0 Å². The number of hydrogen-bond acceptors (Lipinski definition) is 3. The zero-order valence-electron chi connectivity index (χ0n) is 14.6. The standard InChI is InChI=1S/C21H16ClFN2O2S/c22-16-4-1-5-18(11-16)24-21(28)19(25-10-2-3-14(12-25)13-26)20(27)15-6-8-17(23)9-7-15/h1-12,26H,13H2,(H-,24,27,28)/p+1. The predicted octanol–water partition coefficient (Wildman–Crippen LogP) is 4.58. The number of pyridine rings is 1. The molecule has 3 N–H and O–H groups in total. The van der Waals surface area contributed by atoms with Gasteiger partial charge in [0, 0.05) is 27.9 Å². The number of benzene rings is 2. The summed E-state index contributed by atoms with van der Waals surface area (Å²) < 4.78 is 14.9. The molecule has 0 saturated heterocycles. The van der Waals surface area contributed by atoms with E-state index < -0.39 is 5.82 Å². The van der Waals surface area contributed by atoms with Crippen LogP contribution in [0.25, 0.3) is 11.5 Å². The average molecular weight is 416 g/mol. The molecule has 0 amide bonds. The molecule has 0 spiro atoms. The van der Waals surface area contributed by atoms with Crippen LogP contribution in [0, 0.1) is 5.82 Å². The molecule has 3 aromatic rings. The van der Waals surface area contributed by atoms with E-state index in [4.69, 9.17) is 23.8 Å². The predicted molar refractivity (Wildman–Crippen MR) is 112 cm³/mol. The molecule has 3 rings (SSSR count). The van der Waals surface area contributed by atoms with Crippen LogP contribution < -0.4 is 9.88 Å². The molecule has 0 radical (unpaired) electrons. The number of hydrogen-bond donors (Lipinski definition) is 3. The molecule has 1 heterocycles. The molecule has 0 fully saturated rings. The highest BCUT2D eigenvalue weighted by atomic mass is 35.5. The summed E-state index contributed by atoms with van der Waals surface area (Å²) >= 11 is 11.6. The van der Waals surface area contributed by atoms with Crippen LogP contribution in [0.1, 0.15) is 11.1 Å². The second kappa shape index (κ2) is 8.93. The van der Waals surface area contributed by atoms with Crippen molar-refractivity contribution in [1.82, 2.24) is 0 Å². The van der Waals surface area contributed by atoms with Gasteiger partial charge in [-0.1, -0.05) is 29.9 Å². The van der Waals surface area contributed by atoms with Crippen molar-refractivity contribution in [2.45, 2.75) is 6.61 Å². The number of halogens is 2. The molecule has 7 heteroatoms. The monoisotopic (exact) mass is 415 g/mol. The Hall–Kier alpha value is -2.80. The largest absolute Gasteiger partial charge is 0.502 e. The molecule has 1 aromatic heterocycles. The number of anilines is 1. The fraction of sp³-hybridized carbons (Fsp3) is 0.0476. The molecule has 0 aliphatic rings. The van der Waals surface area contributed by atoms with Crippen molar-refractivity contribution in [1.29, 1.82) is 0 Å². The normalized spacial score (nSPS) is 11.7. The molecule has 4 nitrogen and oxygen atoms in total. The maximum absolute atomic E-state index is 13.3. The van der Waals surface area contributed by atoms with Crippen molar-refractivity contribution in [3.63, 3.8) is 0 Å². The van der Waals surface area contributed by atoms with Crippen molar-refractivity contribution < 1.29 is 19.2 Å². The molecule has 28 heavy (non-hydrogen) atoms. The molecule has 0 unspecified atom stereocenters. The molecular formula is C21H17ClFN2O2S+. The second-order valence-electron chi connectivity index (χ2n) is 5.95. The van der Waals surface area contributed by atoms with Gasteiger partial charge in [0.15, 0.2) is 23.1 Å². The minimum atomic E-state index is -0.410. The van der Waals surface area contributed by atoms with Crippen LogP contribution in [-0.2, 0) is 6.61 Å². The van der Waals surface area contributed by atoms with Gasteiger partial charge in [-0.15, -0.1) is 0 Å². The Morgan fingerprint density at radius 2 is 1.86 bits per heavy atom. The van der Waals surface area contributed by atoms with E-state index in [1.807, 2.05) is 0 Å². The lowest BCUT2D eigenvalue weighted by Gasteiger charge is -2.11. The summed E-state index contributed by atoms with van der Waals surface area (Å²) in [5.41, 5.74) is 1.96. The number of nitrogens with zero attached hydrogens (tertiary/aromatic N) is 1. The molecule has 2 aromatic carbocycles. The fourth-order valence-corrected chi connectivity index (χ4v) is 3.11. The van der Waals surface area contributed by atoms with E-state index in [2.05, 4.69) is 5.32 Å². The van der Waals surface area contributed by atoms with E-state index in [-0.39, 0.29) is 23.1 Å². The quantitative estimate of drug-likeness (QED) is 0.247. The van der Waals surface area contributed by atoms with Crippen LogP contribution in [0.3, 0.4) is 0 Å². The molecule has 0 aliphatic carbocycles. The first kappa shape index (κ1) is 19.9. The Morgan fingerprint density at radius 1 is 1.11 bits per heavy atom. The van der Waals surface area contributed by atoms with Gasteiger partial charge in [-0.3, -0.25) is 0 Å². The van der Waals surface area contributed by atoms with Crippen LogP contribution >= 0.6 is 23.8 Å². The first-order valence-electron chi connectivity index (χ1n) is 8.35. The summed E-state index contributed by atoms with van der Waals surface area (Å²) in [5, 5.41) is 23.9. The van der Waals surface area contributed by atoms with Crippen molar-refractivity contribution in [2.75, 3.05) is 5.32 Å². The zero-order chi connectivity index (χ0) is 20.1. The topological polar surface area (TPSA) is 56.4 Å². The van der Waals surface area contributed by atoms with Crippen LogP contribution in [0.15, 0.2) is 73.1 Å². The number of nitrogens with one attached hydrogen (secondary N) is 1. The Labute approximate surface area is 172 Å². The van der Waals surface area contributed by atoms with E-state index in [0.717, 1.165) is 0 Å². The van der Waals surface area contributed by atoms with E-state index in [9.17, 15) is 14.6 Å². The van der Waals surface area contributed by atoms with Crippen molar-refractivity contribution >= 4 is 46.0 Å². The molecule has 0 bridgehead atoms. The lowest BCUT2D eigenvalue weighted by Crippen LogP contribution is -2.39. The lowest BCUT2D eigenvalue weighted by atomic mass is 10.1. The Balaban J connectivity index is 2.09. The maximum atomic E-state index is 13.3. The van der Waals surface area contributed by atoms with Gasteiger partial charge in [0.05, 0.1) is 6.61 Å². The number of aromatic nitrogens is 1. The van der Waals surface area contributed by atoms with Gasteiger partial charge in [0.2, 0.25) is 0 Å². The summed E-state index contributed by atoms with van der Waals surface area (Å²) in [6, 6.07) is 15.9. The highest BCUT2D eigenvalue weighted by molar-refractivity contribution is 7.81. The summed E-state index contributed by atoms with van der Waals surface area (Å²) in [4.78, 5) is 0.226. The molecule has 0 aliphatic heterocycles.